The van der Waals surface area contributed by atoms with E-state index in [1.54, 1.807) is 0 Å². The van der Waals surface area contributed by atoms with E-state index in [2.05, 4.69) is 38.1 Å². The SMILES string of the molecule is CC[C@H](C)n1nc(C(=O)NC[C@H]2CCCO[C@H]2C(C)C)cc1C. The predicted octanol–water partition coefficient (Wildman–Crippen LogP) is 3.34. The summed E-state index contributed by atoms with van der Waals surface area (Å²) < 4.78 is 7.83. The highest BCUT2D eigenvalue weighted by atomic mass is 16.5. The highest BCUT2D eigenvalue weighted by molar-refractivity contribution is 5.92. The number of nitrogens with zero attached hydrogens (tertiary/aromatic N) is 2. The molecule has 2 heterocycles. The lowest BCUT2D eigenvalue weighted by molar-refractivity contribution is -0.0510. The van der Waals surface area contributed by atoms with E-state index in [1.165, 1.54) is 0 Å². The number of aryl methyl sites for hydroxylation is 1. The third-order valence-corrected chi connectivity index (χ3v) is 4.84. The minimum Gasteiger partial charge on any atom is -0.378 e. The van der Waals surface area contributed by atoms with Crippen molar-refractivity contribution in [2.75, 3.05) is 13.2 Å². The first-order valence-corrected chi connectivity index (χ1v) is 8.90. The van der Waals surface area contributed by atoms with Crippen LogP contribution in [0.3, 0.4) is 0 Å². The second kappa shape index (κ2) is 7.95. The molecule has 1 aliphatic rings. The molecule has 1 amide bonds. The summed E-state index contributed by atoms with van der Waals surface area (Å²) in [6, 6.07) is 2.19. The molecule has 0 bridgehead atoms. The Morgan fingerprint density at radius 3 is 2.87 bits per heavy atom. The summed E-state index contributed by atoms with van der Waals surface area (Å²) in [6.07, 6.45) is 3.43. The lowest BCUT2D eigenvalue weighted by atomic mass is 9.87. The average molecular weight is 321 g/mol. The number of hydrogen-bond acceptors (Lipinski definition) is 3. The van der Waals surface area contributed by atoms with Gasteiger partial charge in [0.25, 0.3) is 5.91 Å². The number of rotatable bonds is 6. The molecule has 0 aromatic carbocycles. The average Bonchev–Trinajstić information content (AvgIpc) is 2.94. The molecule has 0 saturated carbocycles. The molecule has 1 fully saturated rings. The maximum absolute atomic E-state index is 12.4. The summed E-state index contributed by atoms with van der Waals surface area (Å²) in [5.74, 6) is 0.790. The molecule has 130 valence electrons. The molecule has 5 heteroatoms. The van der Waals surface area contributed by atoms with Gasteiger partial charge in [0.1, 0.15) is 5.69 Å². The molecule has 0 aliphatic carbocycles. The maximum Gasteiger partial charge on any atom is 0.271 e. The third kappa shape index (κ3) is 4.34. The van der Waals surface area contributed by atoms with Crippen LogP contribution >= 0.6 is 0 Å². The smallest absolute Gasteiger partial charge is 0.271 e. The van der Waals surface area contributed by atoms with Gasteiger partial charge in [0.05, 0.1) is 6.10 Å². The van der Waals surface area contributed by atoms with Crippen LogP contribution in [0.15, 0.2) is 6.07 Å². The largest absolute Gasteiger partial charge is 0.378 e. The number of amides is 1. The molecule has 3 atom stereocenters. The van der Waals surface area contributed by atoms with Crippen LogP contribution in [0.25, 0.3) is 0 Å². The number of nitrogens with one attached hydrogen (secondary N) is 1. The van der Waals surface area contributed by atoms with Crippen LogP contribution in [0.1, 0.15) is 69.2 Å². The Morgan fingerprint density at radius 2 is 2.22 bits per heavy atom. The van der Waals surface area contributed by atoms with Crippen molar-refractivity contribution in [3.8, 4) is 0 Å². The molecule has 1 aromatic rings. The lowest BCUT2D eigenvalue weighted by Crippen LogP contribution is -2.41. The molecular weight excluding hydrogens is 290 g/mol. The van der Waals surface area contributed by atoms with Crippen LogP contribution in [0.4, 0.5) is 0 Å². The van der Waals surface area contributed by atoms with E-state index < -0.39 is 0 Å². The highest BCUT2D eigenvalue weighted by Gasteiger charge is 2.29. The van der Waals surface area contributed by atoms with Crippen LogP contribution in [-0.2, 0) is 4.74 Å². The Morgan fingerprint density at radius 1 is 1.48 bits per heavy atom. The zero-order valence-corrected chi connectivity index (χ0v) is 15.1. The topological polar surface area (TPSA) is 56.2 Å². The van der Waals surface area contributed by atoms with Crippen molar-refractivity contribution < 1.29 is 9.53 Å². The predicted molar refractivity (Wildman–Crippen MR) is 91.6 cm³/mol. The molecule has 1 aromatic heterocycles. The monoisotopic (exact) mass is 321 g/mol. The van der Waals surface area contributed by atoms with Crippen molar-refractivity contribution in [1.29, 1.82) is 0 Å². The van der Waals surface area contributed by atoms with E-state index in [0.29, 0.717) is 30.1 Å². The van der Waals surface area contributed by atoms with Crippen LogP contribution in [-0.4, -0.2) is 34.9 Å². The van der Waals surface area contributed by atoms with E-state index >= 15 is 0 Å². The molecule has 1 N–H and O–H groups in total. The molecule has 2 rings (SSSR count). The summed E-state index contributed by atoms with van der Waals surface area (Å²) >= 11 is 0. The molecule has 1 saturated heterocycles. The van der Waals surface area contributed by atoms with Crippen molar-refractivity contribution in [2.24, 2.45) is 11.8 Å². The maximum atomic E-state index is 12.4. The van der Waals surface area contributed by atoms with Crippen LogP contribution < -0.4 is 5.32 Å². The fourth-order valence-corrected chi connectivity index (χ4v) is 3.35. The van der Waals surface area contributed by atoms with E-state index in [-0.39, 0.29) is 12.0 Å². The van der Waals surface area contributed by atoms with E-state index in [0.717, 1.165) is 31.6 Å². The minimum atomic E-state index is -0.0803. The molecule has 0 unspecified atom stereocenters. The summed E-state index contributed by atoms with van der Waals surface area (Å²) in [7, 11) is 0. The van der Waals surface area contributed by atoms with Gasteiger partial charge in [0.15, 0.2) is 0 Å². The Kier molecular flexibility index (Phi) is 6.22. The zero-order valence-electron chi connectivity index (χ0n) is 15.1. The van der Waals surface area contributed by atoms with Gasteiger partial charge in [-0.05, 0) is 45.1 Å². The summed E-state index contributed by atoms with van der Waals surface area (Å²) in [5, 5.41) is 7.53. The highest BCUT2D eigenvalue weighted by Crippen LogP contribution is 2.25. The Balaban J connectivity index is 1.96. The normalized spacial score (nSPS) is 23.0. The first kappa shape index (κ1) is 18.0. The molecule has 23 heavy (non-hydrogen) atoms. The van der Waals surface area contributed by atoms with Gasteiger partial charge in [-0.15, -0.1) is 0 Å². The first-order valence-electron chi connectivity index (χ1n) is 8.90. The van der Waals surface area contributed by atoms with Crippen molar-refractivity contribution in [2.45, 2.75) is 66.0 Å². The molecular formula is C18H31N3O2. The van der Waals surface area contributed by atoms with Gasteiger partial charge in [0.2, 0.25) is 0 Å². The van der Waals surface area contributed by atoms with Gasteiger partial charge in [-0.1, -0.05) is 20.8 Å². The number of carbonyl (C=O) groups excluding carboxylic acids is 1. The minimum absolute atomic E-state index is 0.0803. The number of ether oxygens (including phenoxy) is 1. The number of hydrogen-bond donors (Lipinski definition) is 1. The van der Waals surface area contributed by atoms with Gasteiger partial charge in [0, 0.05) is 30.8 Å². The molecule has 0 spiro atoms. The van der Waals surface area contributed by atoms with Gasteiger partial charge in [-0.2, -0.15) is 5.10 Å². The van der Waals surface area contributed by atoms with Crippen LogP contribution in [0, 0.1) is 18.8 Å². The van der Waals surface area contributed by atoms with E-state index in [1.807, 2.05) is 17.7 Å². The second-order valence-electron chi connectivity index (χ2n) is 7.06. The molecule has 5 nitrogen and oxygen atoms in total. The molecule has 1 aliphatic heterocycles. The van der Waals surface area contributed by atoms with Crippen molar-refractivity contribution in [3.05, 3.63) is 17.5 Å². The van der Waals surface area contributed by atoms with Crippen LogP contribution in [0.2, 0.25) is 0 Å². The van der Waals surface area contributed by atoms with Gasteiger partial charge in [-0.3, -0.25) is 9.48 Å². The van der Waals surface area contributed by atoms with E-state index in [9.17, 15) is 4.79 Å². The van der Waals surface area contributed by atoms with E-state index in [4.69, 9.17) is 4.74 Å². The summed E-state index contributed by atoms with van der Waals surface area (Å²) in [4.78, 5) is 12.4. The second-order valence-corrected chi connectivity index (χ2v) is 7.06. The van der Waals surface area contributed by atoms with Gasteiger partial charge >= 0.3 is 0 Å². The lowest BCUT2D eigenvalue weighted by Gasteiger charge is -2.34. The van der Waals surface area contributed by atoms with Gasteiger partial charge < -0.3 is 10.1 Å². The zero-order chi connectivity index (χ0) is 17.0. The fraction of sp³-hybridized carbons (Fsp3) is 0.778. The molecule has 0 radical (unpaired) electrons. The third-order valence-electron chi connectivity index (χ3n) is 4.84. The summed E-state index contributed by atoms with van der Waals surface area (Å²) in [6.45, 7) is 12.1. The standard InChI is InChI=1S/C18H31N3O2/c1-6-13(4)21-14(5)10-16(20-21)18(22)19-11-15-8-7-9-23-17(15)12(2)3/h10,12-13,15,17H,6-9,11H2,1-5H3,(H,19,22)/t13-,15+,17-/m0/s1. The number of carbonyl (C=O) groups is 1. The quantitative estimate of drug-likeness (QED) is 0.874. The fourth-order valence-electron chi connectivity index (χ4n) is 3.35. The van der Waals surface area contributed by atoms with Crippen LogP contribution in [0.5, 0.6) is 0 Å². The van der Waals surface area contributed by atoms with Crippen molar-refractivity contribution >= 4 is 5.91 Å². The van der Waals surface area contributed by atoms with Gasteiger partial charge in [-0.25, -0.2) is 0 Å². The van der Waals surface area contributed by atoms with Crippen molar-refractivity contribution in [1.82, 2.24) is 15.1 Å². The number of aromatic nitrogens is 2. The summed E-state index contributed by atoms with van der Waals surface area (Å²) in [5.41, 5.74) is 1.55. The Labute approximate surface area is 139 Å². The van der Waals surface area contributed by atoms with Crippen molar-refractivity contribution in [3.63, 3.8) is 0 Å². The first-order chi connectivity index (χ1) is 10.9. The Hall–Kier alpha value is -1.36. The Bertz CT molecular complexity index is 524.